The van der Waals surface area contributed by atoms with Crippen LogP contribution in [-0.4, -0.2) is 36.5 Å². The molecule has 0 aromatic carbocycles. The Bertz CT molecular complexity index is 584. The molecule has 1 amide bonds. The highest BCUT2D eigenvalue weighted by molar-refractivity contribution is 7.17. The van der Waals surface area contributed by atoms with Gasteiger partial charge < -0.3 is 10.2 Å². The zero-order valence-corrected chi connectivity index (χ0v) is 11.6. The predicted molar refractivity (Wildman–Crippen MR) is 77.2 cm³/mol. The van der Waals surface area contributed by atoms with Crippen molar-refractivity contribution in [3.63, 3.8) is 0 Å². The summed E-state index contributed by atoms with van der Waals surface area (Å²) in [6.45, 7) is 0.577. The number of hydrazine groups is 1. The second kappa shape index (κ2) is 5.81. The van der Waals surface area contributed by atoms with Gasteiger partial charge in [-0.05, 0) is 11.4 Å². The van der Waals surface area contributed by atoms with Gasteiger partial charge in [-0.1, -0.05) is 0 Å². The van der Waals surface area contributed by atoms with Gasteiger partial charge in [-0.25, -0.2) is 10.8 Å². The quantitative estimate of drug-likeness (QED) is 0.547. The smallest absolute Gasteiger partial charge is 0.239 e. The molecule has 0 spiro atoms. The lowest BCUT2D eigenvalue weighted by atomic mass is 10.3. The molecule has 0 saturated heterocycles. The van der Waals surface area contributed by atoms with E-state index in [9.17, 15) is 4.79 Å². The number of rotatable bonds is 5. The minimum absolute atomic E-state index is 0.000466. The highest BCUT2D eigenvalue weighted by Gasteiger charge is 2.13. The summed E-state index contributed by atoms with van der Waals surface area (Å²) in [7, 11) is 3.52. The van der Waals surface area contributed by atoms with Crippen LogP contribution in [-0.2, 0) is 4.79 Å². The van der Waals surface area contributed by atoms with Crippen LogP contribution in [0.25, 0.3) is 10.2 Å². The van der Waals surface area contributed by atoms with Crippen molar-refractivity contribution >= 4 is 39.2 Å². The molecule has 7 nitrogen and oxygen atoms in total. The lowest BCUT2D eigenvalue weighted by molar-refractivity contribution is -0.120. The molecule has 4 N–H and O–H groups in total. The van der Waals surface area contributed by atoms with E-state index in [1.807, 2.05) is 23.4 Å². The number of nitrogens with one attached hydrogen (secondary N) is 2. The van der Waals surface area contributed by atoms with Crippen LogP contribution in [0.2, 0.25) is 0 Å². The van der Waals surface area contributed by atoms with Gasteiger partial charge in [0.1, 0.15) is 0 Å². The Morgan fingerprint density at radius 3 is 3.00 bits per heavy atom. The number of aromatic nitrogens is 2. The number of nitrogens with two attached hydrogens (primary N) is 1. The summed E-state index contributed by atoms with van der Waals surface area (Å²) in [6, 6.07) is 1.92. The van der Waals surface area contributed by atoms with Crippen LogP contribution in [0.15, 0.2) is 11.4 Å². The Hall–Kier alpha value is -1.93. The maximum Gasteiger partial charge on any atom is 0.239 e. The fraction of sp³-hybridized carbons (Fsp3) is 0.364. The Labute approximate surface area is 114 Å². The fourth-order valence-corrected chi connectivity index (χ4v) is 2.55. The van der Waals surface area contributed by atoms with Gasteiger partial charge in [-0.2, -0.15) is 4.98 Å². The summed E-state index contributed by atoms with van der Waals surface area (Å²) in [5.41, 5.74) is 3.30. The summed E-state index contributed by atoms with van der Waals surface area (Å²) in [6.07, 6.45) is 0.412. The number of nitrogen functional groups attached to an aromatic ring is 1. The molecular weight excluding hydrogens is 264 g/mol. The van der Waals surface area contributed by atoms with E-state index in [4.69, 9.17) is 5.84 Å². The first-order valence-corrected chi connectivity index (χ1v) is 6.67. The van der Waals surface area contributed by atoms with Crippen molar-refractivity contribution in [3.05, 3.63) is 11.4 Å². The number of hydrogen-bond donors (Lipinski definition) is 3. The van der Waals surface area contributed by atoms with E-state index in [-0.39, 0.29) is 5.91 Å². The number of carbonyl (C=O) groups excluding carboxylic acids is 1. The molecule has 102 valence electrons. The molecule has 0 unspecified atom stereocenters. The van der Waals surface area contributed by atoms with Crippen molar-refractivity contribution < 1.29 is 4.79 Å². The van der Waals surface area contributed by atoms with Gasteiger partial charge >= 0.3 is 0 Å². The molecule has 2 heterocycles. The minimum atomic E-state index is 0.000466. The standard InChI is InChI=1S/C11H16N6OS/c1-13-8(18)3-5-17(2)10-9-7(4-6-19-9)14-11(15-10)16-12/h4,6H,3,5,12H2,1-2H3,(H,13,18)(H,14,15,16). The molecule has 2 rings (SSSR count). The zero-order chi connectivity index (χ0) is 13.8. The van der Waals surface area contributed by atoms with Crippen molar-refractivity contribution in [1.29, 1.82) is 0 Å². The van der Waals surface area contributed by atoms with E-state index in [1.54, 1.807) is 18.4 Å². The third kappa shape index (κ3) is 2.91. The molecule has 0 atom stereocenters. The summed E-state index contributed by atoms with van der Waals surface area (Å²) in [5.74, 6) is 6.51. The van der Waals surface area contributed by atoms with Crippen LogP contribution in [0, 0.1) is 0 Å². The summed E-state index contributed by atoms with van der Waals surface area (Å²) >= 11 is 1.57. The largest absolute Gasteiger partial charge is 0.359 e. The number of hydrogen-bond acceptors (Lipinski definition) is 7. The third-order valence-corrected chi connectivity index (χ3v) is 3.63. The minimum Gasteiger partial charge on any atom is -0.359 e. The molecular formula is C11H16N6OS. The van der Waals surface area contributed by atoms with Crippen molar-refractivity contribution in [2.45, 2.75) is 6.42 Å². The number of amides is 1. The van der Waals surface area contributed by atoms with Gasteiger partial charge in [0.05, 0.1) is 10.2 Å². The lowest BCUT2D eigenvalue weighted by Gasteiger charge is -2.18. The fourth-order valence-electron chi connectivity index (χ4n) is 1.67. The van der Waals surface area contributed by atoms with Gasteiger partial charge in [0.15, 0.2) is 5.82 Å². The van der Waals surface area contributed by atoms with Gasteiger partial charge in [-0.15, -0.1) is 11.3 Å². The molecule has 0 radical (unpaired) electrons. The summed E-state index contributed by atoms with van der Waals surface area (Å²) < 4.78 is 0.985. The molecule has 0 bridgehead atoms. The molecule has 0 fully saturated rings. The average molecular weight is 280 g/mol. The maximum atomic E-state index is 11.3. The summed E-state index contributed by atoms with van der Waals surface area (Å²) in [5, 5.41) is 4.55. The molecule has 19 heavy (non-hydrogen) atoms. The van der Waals surface area contributed by atoms with Crippen LogP contribution < -0.4 is 21.5 Å². The monoisotopic (exact) mass is 280 g/mol. The Balaban J connectivity index is 2.27. The topological polar surface area (TPSA) is 96.2 Å². The van der Waals surface area contributed by atoms with Gasteiger partial charge in [0.2, 0.25) is 11.9 Å². The lowest BCUT2D eigenvalue weighted by Crippen LogP contribution is -2.27. The van der Waals surface area contributed by atoms with Crippen molar-refractivity contribution in [1.82, 2.24) is 15.3 Å². The van der Waals surface area contributed by atoms with E-state index in [0.29, 0.717) is 18.9 Å². The number of fused-ring (bicyclic) bond motifs is 1. The molecule has 0 aliphatic rings. The predicted octanol–water partition coefficient (Wildman–Crippen LogP) is 0.549. The molecule has 2 aromatic heterocycles. The normalized spacial score (nSPS) is 10.5. The number of thiophene rings is 1. The van der Waals surface area contributed by atoms with Crippen LogP contribution in [0.1, 0.15) is 6.42 Å². The molecule has 0 aliphatic heterocycles. The average Bonchev–Trinajstić information content (AvgIpc) is 2.91. The van der Waals surface area contributed by atoms with Crippen molar-refractivity contribution in [2.75, 3.05) is 31.0 Å². The second-order valence-corrected chi connectivity index (χ2v) is 4.91. The van der Waals surface area contributed by atoms with Crippen LogP contribution >= 0.6 is 11.3 Å². The van der Waals surface area contributed by atoms with Gasteiger partial charge in [0, 0.05) is 27.1 Å². The van der Waals surface area contributed by atoms with Crippen LogP contribution in [0.5, 0.6) is 0 Å². The molecule has 0 saturated carbocycles. The second-order valence-electron chi connectivity index (χ2n) is 3.99. The zero-order valence-electron chi connectivity index (χ0n) is 10.8. The number of nitrogens with zero attached hydrogens (tertiary/aromatic N) is 3. The Kier molecular flexibility index (Phi) is 4.13. The van der Waals surface area contributed by atoms with Crippen LogP contribution in [0.4, 0.5) is 11.8 Å². The Morgan fingerprint density at radius 2 is 2.32 bits per heavy atom. The Morgan fingerprint density at radius 1 is 1.53 bits per heavy atom. The van der Waals surface area contributed by atoms with Crippen molar-refractivity contribution in [2.24, 2.45) is 5.84 Å². The number of anilines is 2. The first-order chi connectivity index (χ1) is 9.15. The molecule has 0 aliphatic carbocycles. The van der Waals surface area contributed by atoms with Gasteiger partial charge in [0.25, 0.3) is 0 Å². The highest BCUT2D eigenvalue weighted by Crippen LogP contribution is 2.29. The molecule has 2 aromatic rings. The van der Waals surface area contributed by atoms with E-state index in [0.717, 1.165) is 16.0 Å². The summed E-state index contributed by atoms with van der Waals surface area (Å²) in [4.78, 5) is 21.8. The van der Waals surface area contributed by atoms with E-state index >= 15 is 0 Å². The van der Waals surface area contributed by atoms with E-state index in [1.165, 1.54) is 0 Å². The first kappa shape index (κ1) is 13.5. The SMILES string of the molecule is CNC(=O)CCN(C)c1nc(NN)nc2ccsc12. The van der Waals surface area contributed by atoms with Crippen molar-refractivity contribution in [3.8, 4) is 0 Å². The number of carbonyl (C=O) groups is 1. The molecule has 8 heteroatoms. The van der Waals surface area contributed by atoms with Crippen LogP contribution in [0.3, 0.4) is 0 Å². The highest BCUT2D eigenvalue weighted by atomic mass is 32.1. The van der Waals surface area contributed by atoms with Gasteiger partial charge in [-0.3, -0.25) is 10.2 Å². The first-order valence-electron chi connectivity index (χ1n) is 5.79. The van der Waals surface area contributed by atoms with E-state index in [2.05, 4.69) is 20.7 Å². The maximum absolute atomic E-state index is 11.3. The third-order valence-electron chi connectivity index (χ3n) is 2.73. The van der Waals surface area contributed by atoms with E-state index < -0.39 is 0 Å².